The first-order valence-electron chi connectivity index (χ1n) is 56.3. The first-order valence-corrected chi connectivity index (χ1v) is 56.3. The number of nitrogens with zero attached hydrogens (tertiary/aromatic N) is 10. The van der Waals surface area contributed by atoms with Crippen molar-refractivity contribution in [2.24, 2.45) is 78.3 Å². The molecule has 141 heavy (non-hydrogen) atoms. The van der Waals surface area contributed by atoms with E-state index in [2.05, 4.69) is 341 Å². The molecule has 0 bridgehead atoms. The molecular weight excluding hydrogens is 1750 g/mol. The molecule has 0 unspecified atom stereocenters. The van der Waals surface area contributed by atoms with Gasteiger partial charge in [0.15, 0.2) is 0 Å². The average molecular weight is 1990 g/mol. The Bertz CT molecular complexity index is 3530. The molecule has 826 valence electrons. The number of pyridine rings is 1. The van der Waals surface area contributed by atoms with E-state index in [-0.39, 0.29) is 86.2 Å². The Morgan fingerprint density at radius 1 is 0.348 bits per heavy atom. The summed E-state index contributed by atoms with van der Waals surface area (Å²) in [5.74, 6) is 6.61. The van der Waals surface area contributed by atoms with Crippen LogP contribution in [0.3, 0.4) is 0 Å². The minimum atomic E-state index is -0.237. The third-order valence-electron chi connectivity index (χ3n) is 30.4. The normalized spacial score (nSPS) is 20.3. The molecule has 0 spiro atoms. The highest BCUT2D eigenvalue weighted by molar-refractivity contribution is 5.81. The van der Waals surface area contributed by atoms with E-state index >= 15 is 0 Å². The summed E-state index contributed by atoms with van der Waals surface area (Å²) in [7, 11) is 0. The zero-order chi connectivity index (χ0) is 109. The smallest absolute Gasteiger partial charge is 0.248 e. The molecule has 2 N–H and O–H groups in total. The topological polar surface area (TPSA) is 187 Å². The molecule has 20 nitrogen and oxygen atoms in total. The quantitative estimate of drug-likeness (QED) is 0.150. The van der Waals surface area contributed by atoms with Crippen LogP contribution in [0.15, 0.2) is 18.3 Å². The molecule has 20 heteroatoms. The number of anilines is 1. The summed E-state index contributed by atoms with van der Waals surface area (Å²) in [6.07, 6.45) is 22.0. The van der Waals surface area contributed by atoms with Gasteiger partial charge in [-0.3, -0.25) is 53.3 Å². The molecule has 0 saturated carbocycles. The molecule has 5 amide bonds. The van der Waals surface area contributed by atoms with Crippen molar-refractivity contribution in [3.63, 3.8) is 0 Å². The molecule has 0 aliphatic carbocycles. The maximum atomic E-state index is 12.1. The van der Waals surface area contributed by atoms with Crippen LogP contribution in [0.1, 0.15) is 453 Å². The predicted octanol–water partition coefficient (Wildman–Crippen LogP) is 26.1. The molecule has 2 atom stereocenters. The molecule has 8 aliphatic heterocycles. The minimum absolute atomic E-state index is 0.126. The Balaban J connectivity index is 0.000000546. The lowest BCUT2D eigenvalue weighted by Gasteiger charge is -2.44. The van der Waals surface area contributed by atoms with Gasteiger partial charge in [-0.25, -0.2) is 4.98 Å². The zero-order valence-corrected chi connectivity index (χ0v) is 102. The Labute approximate surface area is 872 Å². The number of amides is 5. The summed E-state index contributed by atoms with van der Waals surface area (Å²) < 4.78 is 11.1. The first kappa shape index (κ1) is 133. The summed E-state index contributed by atoms with van der Waals surface area (Å²) in [6.45, 7) is 124. The second-order valence-corrected chi connectivity index (χ2v) is 60.1. The van der Waals surface area contributed by atoms with Crippen molar-refractivity contribution in [2.45, 2.75) is 499 Å². The van der Waals surface area contributed by atoms with Crippen molar-refractivity contribution in [2.75, 3.05) is 142 Å². The molecule has 1 aromatic rings. The van der Waals surface area contributed by atoms with Crippen molar-refractivity contribution in [3.8, 4) is 0 Å². The van der Waals surface area contributed by atoms with Crippen LogP contribution in [-0.2, 0) is 43.7 Å². The number of ketones is 1. The number of rotatable bonds is 17. The van der Waals surface area contributed by atoms with Crippen LogP contribution in [0.4, 0.5) is 5.82 Å². The monoisotopic (exact) mass is 1980 g/mol. The number of nitrogens with one attached hydrogen (secondary N) is 2. The van der Waals surface area contributed by atoms with E-state index in [1.807, 2.05) is 62.4 Å². The summed E-state index contributed by atoms with van der Waals surface area (Å²) in [6, 6.07) is 5.72. The summed E-state index contributed by atoms with van der Waals surface area (Å²) in [5, 5.41) is 6.33. The Morgan fingerprint density at radius 3 is 0.972 bits per heavy atom. The van der Waals surface area contributed by atoms with E-state index < -0.39 is 0 Å². The number of piperidine rings is 5. The molecule has 0 aromatic carbocycles. The fourth-order valence-corrected chi connectivity index (χ4v) is 19.7. The van der Waals surface area contributed by atoms with Gasteiger partial charge >= 0.3 is 0 Å². The van der Waals surface area contributed by atoms with Gasteiger partial charge in [0.05, 0.1) is 17.7 Å². The number of hydrogen-bond acceptors (Lipinski definition) is 15. The summed E-state index contributed by atoms with van der Waals surface area (Å²) >= 11 is 0. The Hall–Kier alpha value is -4.31. The molecule has 9 rings (SSSR count). The van der Waals surface area contributed by atoms with Gasteiger partial charge < -0.3 is 39.7 Å². The van der Waals surface area contributed by atoms with E-state index in [0.29, 0.717) is 94.7 Å². The van der Waals surface area contributed by atoms with Crippen LogP contribution in [0.2, 0.25) is 0 Å². The second kappa shape index (κ2) is 56.5. The van der Waals surface area contributed by atoms with Crippen molar-refractivity contribution in [1.29, 1.82) is 0 Å². The highest BCUT2D eigenvalue weighted by atomic mass is 16.5. The number of carbonyl (C=O) groups is 6. The van der Waals surface area contributed by atoms with Gasteiger partial charge in [-0.2, -0.15) is 0 Å². The van der Waals surface area contributed by atoms with Crippen LogP contribution in [0.25, 0.3) is 0 Å². The fourth-order valence-electron chi connectivity index (χ4n) is 19.7. The zero-order valence-electron chi connectivity index (χ0n) is 102. The first-order chi connectivity index (χ1) is 63.6. The third kappa shape index (κ3) is 57.9. The van der Waals surface area contributed by atoms with Gasteiger partial charge in [0, 0.05) is 158 Å². The molecule has 8 saturated heterocycles. The van der Waals surface area contributed by atoms with Crippen molar-refractivity contribution >= 4 is 41.1 Å². The van der Waals surface area contributed by atoms with Crippen molar-refractivity contribution in [1.82, 2.24) is 54.8 Å². The minimum Gasteiger partial charge on any atom is -0.366 e. The molecule has 1 aromatic heterocycles. The van der Waals surface area contributed by atoms with Crippen LogP contribution >= 0.6 is 0 Å². The fraction of sp³-hybridized carbons (Fsp3) is 0.909. The largest absolute Gasteiger partial charge is 0.366 e. The number of likely N-dealkylation sites (tertiary alicyclic amines) is 6. The van der Waals surface area contributed by atoms with Gasteiger partial charge in [-0.1, -0.05) is 208 Å². The van der Waals surface area contributed by atoms with Crippen LogP contribution < -0.4 is 15.5 Å². The van der Waals surface area contributed by atoms with Crippen LogP contribution in [-0.4, -0.2) is 263 Å². The van der Waals surface area contributed by atoms with E-state index in [1.54, 1.807) is 0 Å². The van der Waals surface area contributed by atoms with E-state index in [0.717, 1.165) is 198 Å². The SMILES string of the molecule is CC(C)(C)C1CCN(C(C)(C)C)CC1.CC(C)(C)CC(=O)CN1CCC(C(C)(C)C)CC1.CC(C)(C)CCC(=O)N1CCN(C(C)(C)C)CC1.CC(C)(C)CCC(=O)N[C@@H]1CCN(C(C)(C)C)C1.CC(C)(C)OCC(=O)N1CCC(C(C)(C)C)CC1.CC(C)(C)OCC(=O)N1CCC(C(C)(C)C)CC1.CC(C)(C)c1ccnc(N2CCC(C(C)(C)C)CC2)c1.CC(C)N1CC[C@H](NC(=O)CCC(C)(C)C)C1. The van der Waals surface area contributed by atoms with Gasteiger partial charge in [-0.05, 0) is 342 Å². The maximum absolute atomic E-state index is 12.1. The highest BCUT2D eigenvalue weighted by Crippen LogP contribution is 2.41. The maximum Gasteiger partial charge on any atom is 0.248 e. The van der Waals surface area contributed by atoms with Gasteiger partial charge in [0.25, 0.3) is 0 Å². The van der Waals surface area contributed by atoms with Gasteiger partial charge in [-0.15, -0.1) is 0 Å². The standard InChI is InChI=1S/C18H30N2.C16H31NO.2C15H30N2O.2C15H29NO2.C14H28N2O.C13H27N/c1-17(2,3)14-8-11-20(12-9-14)16-13-15(7-10-19-16)18(4,5)6;1-15(2,3)11-14(18)12-17-9-7-13(8-10-17)16(4,5)6;1-14(2,3)9-7-13(18)16-12-8-10-17(11-12)15(4,5)6;1-14(2,3)8-7-13(18)16-9-11-17(12-10-16)15(4,5)6;2*1-14(2,3)12-7-9-16(10-8-12)13(17)11-18-15(4,5)6;1-11(2)16-9-7-12(10-16)15-13(17)6-8-14(3,4)5;1-12(2,3)11-7-9-14(10-8-11)13(4,5)6/h7,10,13-14H,8-9,11-12H2,1-6H3;13H,7-12H2,1-6H3;12H,7-11H2,1-6H3,(H,16,18);7-12H2,1-6H3;2*12H,7-11H2,1-6H3;11-12H,6-10H2,1-5H3,(H,15,17);11H,7-10H2,1-6H3/t;;12-;;;;12-;/m..1...0./s1. The average Bonchev–Trinajstić information content (AvgIpc) is 1.44. The number of Topliss-reactive ketones (excluding diaryl/α,β-unsaturated/α-hetero) is 1. The molecular formula is C121H234N12O8. The molecule has 8 fully saturated rings. The third-order valence-corrected chi connectivity index (χ3v) is 30.4. The predicted molar refractivity (Wildman–Crippen MR) is 603 cm³/mol. The van der Waals surface area contributed by atoms with Gasteiger partial charge in [0.1, 0.15) is 24.8 Å². The number of carbonyl (C=O) groups excluding carboxylic acids is 6. The number of aromatic nitrogens is 1. The Morgan fingerprint density at radius 2 is 0.660 bits per heavy atom. The van der Waals surface area contributed by atoms with Crippen molar-refractivity contribution < 1.29 is 38.2 Å². The van der Waals surface area contributed by atoms with E-state index in [4.69, 9.17) is 9.47 Å². The van der Waals surface area contributed by atoms with Crippen molar-refractivity contribution in [3.05, 3.63) is 23.9 Å². The Kier molecular flexibility index (Phi) is 53.2. The molecule has 8 aliphatic rings. The summed E-state index contributed by atoms with van der Waals surface area (Å²) in [5.41, 5.74) is 4.84. The van der Waals surface area contributed by atoms with E-state index in [1.165, 1.54) is 57.2 Å². The lowest BCUT2D eigenvalue weighted by Crippen LogP contribution is -2.54. The van der Waals surface area contributed by atoms with Crippen LogP contribution in [0.5, 0.6) is 0 Å². The second-order valence-electron chi connectivity index (χ2n) is 60.1. The highest BCUT2D eigenvalue weighted by Gasteiger charge is 2.39. The summed E-state index contributed by atoms with van der Waals surface area (Å²) in [4.78, 5) is 97.0. The lowest BCUT2D eigenvalue weighted by molar-refractivity contribution is -0.143. The number of ether oxygens (including phenoxy) is 2. The lowest BCUT2D eigenvalue weighted by atomic mass is 9.75. The van der Waals surface area contributed by atoms with Crippen LogP contribution in [0, 0.1) is 78.3 Å². The van der Waals surface area contributed by atoms with Gasteiger partial charge in [0.2, 0.25) is 29.5 Å². The molecule has 0 radical (unpaired) electrons. The number of piperazine rings is 1. The van der Waals surface area contributed by atoms with E-state index in [9.17, 15) is 28.8 Å². The number of hydrogen-bond donors (Lipinski definition) is 2. The molecule has 9 heterocycles.